The molecular formula is C19H39IN6O2. The third-order valence-corrected chi connectivity index (χ3v) is 3.98. The second-order valence-electron chi connectivity index (χ2n) is 6.25. The van der Waals surface area contributed by atoms with Crippen LogP contribution in [0, 0.1) is 0 Å². The zero-order valence-corrected chi connectivity index (χ0v) is 20.1. The van der Waals surface area contributed by atoms with Gasteiger partial charge in [-0.3, -0.25) is 4.99 Å². The van der Waals surface area contributed by atoms with E-state index in [1.54, 1.807) is 6.33 Å². The van der Waals surface area contributed by atoms with Crippen LogP contribution in [-0.4, -0.2) is 66.8 Å². The summed E-state index contributed by atoms with van der Waals surface area (Å²) in [6, 6.07) is 0. The zero-order chi connectivity index (χ0) is 19.6. The fourth-order valence-corrected chi connectivity index (χ4v) is 2.44. The summed E-state index contributed by atoms with van der Waals surface area (Å²) in [6.45, 7) is 12.6. The highest BCUT2D eigenvalue weighted by Crippen LogP contribution is 1.95. The summed E-state index contributed by atoms with van der Waals surface area (Å²) in [5, 5.41) is 14.9. The van der Waals surface area contributed by atoms with Gasteiger partial charge in [-0.2, -0.15) is 0 Å². The maximum absolute atomic E-state index is 5.59. The number of nitrogens with zero attached hydrogens (tertiary/aromatic N) is 4. The van der Waals surface area contributed by atoms with E-state index in [1.807, 2.05) is 6.92 Å². The van der Waals surface area contributed by atoms with Crippen molar-refractivity contribution < 1.29 is 9.47 Å². The Morgan fingerprint density at radius 1 is 1.04 bits per heavy atom. The van der Waals surface area contributed by atoms with E-state index in [1.165, 1.54) is 6.42 Å². The summed E-state index contributed by atoms with van der Waals surface area (Å²) in [5.74, 6) is 1.84. The van der Waals surface area contributed by atoms with Gasteiger partial charge >= 0.3 is 0 Å². The minimum atomic E-state index is 0. The van der Waals surface area contributed by atoms with Crippen molar-refractivity contribution in [1.29, 1.82) is 0 Å². The fraction of sp³-hybridized carbons (Fsp3) is 0.842. The third kappa shape index (κ3) is 13.3. The number of unbranched alkanes of at least 4 members (excludes halogenated alkanes) is 1. The van der Waals surface area contributed by atoms with E-state index in [0.717, 1.165) is 90.1 Å². The molecule has 1 aromatic heterocycles. The third-order valence-electron chi connectivity index (χ3n) is 3.98. The van der Waals surface area contributed by atoms with E-state index in [9.17, 15) is 0 Å². The Balaban J connectivity index is 0.00000729. The topological polar surface area (TPSA) is 85.6 Å². The Morgan fingerprint density at radius 3 is 2.54 bits per heavy atom. The largest absolute Gasteiger partial charge is 0.382 e. The van der Waals surface area contributed by atoms with E-state index in [4.69, 9.17) is 9.47 Å². The fourth-order valence-electron chi connectivity index (χ4n) is 2.44. The monoisotopic (exact) mass is 510 g/mol. The van der Waals surface area contributed by atoms with Gasteiger partial charge in [0.05, 0.1) is 0 Å². The van der Waals surface area contributed by atoms with Crippen LogP contribution in [0.15, 0.2) is 11.3 Å². The van der Waals surface area contributed by atoms with Crippen LogP contribution in [0.5, 0.6) is 0 Å². The molecule has 0 spiro atoms. The summed E-state index contributed by atoms with van der Waals surface area (Å²) in [5.41, 5.74) is 0. The van der Waals surface area contributed by atoms with Crippen LogP contribution in [0.4, 0.5) is 0 Å². The van der Waals surface area contributed by atoms with Gasteiger partial charge in [0.1, 0.15) is 12.2 Å². The van der Waals surface area contributed by atoms with E-state index in [0.29, 0.717) is 0 Å². The quantitative estimate of drug-likeness (QED) is 0.154. The van der Waals surface area contributed by atoms with E-state index >= 15 is 0 Å². The lowest BCUT2D eigenvalue weighted by Crippen LogP contribution is -2.40. The molecule has 8 nitrogen and oxygen atoms in total. The highest BCUT2D eigenvalue weighted by Gasteiger charge is 2.02. The number of aliphatic imine (C=N–C) groups is 1. The molecule has 0 saturated heterocycles. The molecule has 0 aliphatic rings. The summed E-state index contributed by atoms with van der Waals surface area (Å²) in [7, 11) is 0. The number of nitrogens with one attached hydrogen (secondary N) is 2. The summed E-state index contributed by atoms with van der Waals surface area (Å²) in [4.78, 5) is 4.65. The number of rotatable bonds is 16. The van der Waals surface area contributed by atoms with E-state index in [2.05, 4.69) is 44.2 Å². The molecular weight excluding hydrogens is 471 g/mol. The number of ether oxygens (including phenoxy) is 2. The molecule has 0 aliphatic heterocycles. The molecule has 0 unspecified atom stereocenters. The van der Waals surface area contributed by atoms with Crippen LogP contribution in [0.3, 0.4) is 0 Å². The summed E-state index contributed by atoms with van der Waals surface area (Å²) >= 11 is 0. The van der Waals surface area contributed by atoms with Crippen LogP contribution < -0.4 is 10.6 Å². The maximum Gasteiger partial charge on any atom is 0.191 e. The number of aryl methyl sites for hydroxylation is 1. The van der Waals surface area contributed by atoms with Crippen molar-refractivity contribution >= 4 is 29.9 Å². The summed E-state index contributed by atoms with van der Waals surface area (Å²) in [6.07, 6.45) is 6.85. The molecule has 0 amide bonds. The molecule has 0 fully saturated rings. The van der Waals surface area contributed by atoms with Crippen molar-refractivity contribution in [3.8, 4) is 0 Å². The van der Waals surface area contributed by atoms with Gasteiger partial charge in [0.2, 0.25) is 0 Å². The highest BCUT2D eigenvalue weighted by atomic mass is 127. The number of aromatic nitrogens is 3. The zero-order valence-electron chi connectivity index (χ0n) is 17.8. The van der Waals surface area contributed by atoms with Crippen molar-refractivity contribution in [2.75, 3.05) is 46.1 Å². The molecule has 2 N–H and O–H groups in total. The van der Waals surface area contributed by atoms with E-state index < -0.39 is 0 Å². The second-order valence-corrected chi connectivity index (χ2v) is 6.25. The average Bonchev–Trinajstić information content (AvgIpc) is 3.14. The second kappa shape index (κ2) is 19.4. The predicted molar refractivity (Wildman–Crippen MR) is 125 cm³/mol. The van der Waals surface area contributed by atoms with Crippen molar-refractivity contribution in [2.24, 2.45) is 4.99 Å². The van der Waals surface area contributed by atoms with E-state index in [-0.39, 0.29) is 24.0 Å². The molecule has 1 heterocycles. The van der Waals surface area contributed by atoms with Gasteiger partial charge in [0.15, 0.2) is 5.96 Å². The standard InChI is InChI=1S/C19H38N6O2.HI/c1-4-7-14-27-16-9-11-21-19(20-10-8-15-26-6-3)22-12-13-25-17-23-24-18(25)5-2;/h17H,4-16H2,1-3H3,(H2,20,21,22);1H. The average molecular weight is 510 g/mol. The van der Waals surface area contributed by atoms with Gasteiger partial charge in [0.25, 0.3) is 0 Å². The van der Waals surface area contributed by atoms with Crippen LogP contribution in [-0.2, 0) is 22.4 Å². The molecule has 0 aromatic carbocycles. The first-order chi connectivity index (χ1) is 13.3. The molecule has 1 aromatic rings. The lowest BCUT2D eigenvalue weighted by atomic mass is 10.4. The molecule has 164 valence electrons. The van der Waals surface area contributed by atoms with Gasteiger partial charge < -0.3 is 24.7 Å². The SMILES string of the molecule is CCCCOCCCN=C(NCCCOCC)NCCn1cnnc1CC.I. The Morgan fingerprint density at radius 2 is 1.79 bits per heavy atom. The van der Waals surface area contributed by atoms with Crippen LogP contribution >= 0.6 is 24.0 Å². The first-order valence-corrected chi connectivity index (χ1v) is 10.4. The number of halogens is 1. The smallest absolute Gasteiger partial charge is 0.191 e. The molecule has 0 saturated carbocycles. The van der Waals surface area contributed by atoms with Gasteiger partial charge in [0, 0.05) is 59.0 Å². The van der Waals surface area contributed by atoms with Crippen LogP contribution in [0.2, 0.25) is 0 Å². The lowest BCUT2D eigenvalue weighted by Gasteiger charge is -2.13. The first kappa shape index (κ1) is 27.1. The molecule has 0 bridgehead atoms. The van der Waals surface area contributed by atoms with Crippen molar-refractivity contribution in [3.63, 3.8) is 0 Å². The first-order valence-electron chi connectivity index (χ1n) is 10.4. The van der Waals surface area contributed by atoms with Crippen LogP contribution in [0.25, 0.3) is 0 Å². The van der Waals surface area contributed by atoms with Crippen molar-refractivity contribution in [1.82, 2.24) is 25.4 Å². The Labute approximate surface area is 187 Å². The highest BCUT2D eigenvalue weighted by molar-refractivity contribution is 14.0. The Kier molecular flexibility index (Phi) is 18.7. The van der Waals surface area contributed by atoms with Gasteiger partial charge in [-0.25, -0.2) is 0 Å². The van der Waals surface area contributed by atoms with Gasteiger partial charge in [-0.1, -0.05) is 20.3 Å². The minimum Gasteiger partial charge on any atom is -0.382 e. The number of hydrogen-bond donors (Lipinski definition) is 2. The lowest BCUT2D eigenvalue weighted by molar-refractivity contribution is 0.130. The maximum atomic E-state index is 5.59. The number of guanidine groups is 1. The molecule has 0 aliphatic carbocycles. The van der Waals surface area contributed by atoms with Crippen molar-refractivity contribution in [3.05, 3.63) is 12.2 Å². The molecule has 0 radical (unpaired) electrons. The molecule has 1 rings (SSSR count). The normalized spacial score (nSPS) is 11.3. The predicted octanol–water partition coefficient (Wildman–Crippen LogP) is 2.63. The van der Waals surface area contributed by atoms with Gasteiger partial charge in [-0.05, 0) is 26.2 Å². The molecule has 28 heavy (non-hydrogen) atoms. The summed E-state index contributed by atoms with van der Waals surface area (Å²) < 4.78 is 13.0. The van der Waals surface area contributed by atoms with Crippen LogP contribution in [0.1, 0.15) is 52.3 Å². The molecule has 9 heteroatoms. The Bertz CT molecular complexity index is 499. The minimum absolute atomic E-state index is 0. The molecule has 0 atom stereocenters. The van der Waals surface area contributed by atoms with Crippen molar-refractivity contribution in [2.45, 2.75) is 59.4 Å². The van der Waals surface area contributed by atoms with Gasteiger partial charge in [-0.15, -0.1) is 34.2 Å². The number of hydrogen-bond acceptors (Lipinski definition) is 5. The Hall–Kier alpha value is -0.940.